The van der Waals surface area contributed by atoms with Crippen LogP contribution in [0, 0.1) is 0 Å². The molecule has 1 aliphatic heterocycles. The quantitative estimate of drug-likeness (QED) is 0.858. The smallest absolute Gasteiger partial charge is 0.244 e. The van der Waals surface area contributed by atoms with Crippen LogP contribution in [0.1, 0.15) is 0 Å². The molecule has 1 aliphatic rings. The molecule has 1 N–H and O–H groups in total. The van der Waals surface area contributed by atoms with Crippen molar-refractivity contribution in [2.24, 2.45) is 0 Å². The molecule has 0 spiro atoms. The standard InChI is InChI=1S/C13H17Cl2N3OS/c1-17-4-6-18(7-5-17)16-13(19)9-20-12-8-10(14)2-3-11(12)15/h2-3,8H,4-7,9H2,1H3,(H,16,19). The average molecular weight is 334 g/mol. The van der Waals surface area contributed by atoms with E-state index in [2.05, 4.69) is 17.4 Å². The lowest BCUT2D eigenvalue weighted by Crippen LogP contribution is -2.52. The lowest BCUT2D eigenvalue weighted by atomic mass is 10.4. The summed E-state index contributed by atoms with van der Waals surface area (Å²) >= 11 is 13.4. The Morgan fingerprint density at radius 2 is 2.00 bits per heavy atom. The molecular weight excluding hydrogens is 317 g/mol. The molecule has 110 valence electrons. The van der Waals surface area contributed by atoms with Crippen molar-refractivity contribution >= 4 is 40.9 Å². The van der Waals surface area contributed by atoms with E-state index >= 15 is 0 Å². The van der Waals surface area contributed by atoms with E-state index in [0.29, 0.717) is 15.8 Å². The molecule has 0 radical (unpaired) electrons. The highest BCUT2D eigenvalue weighted by atomic mass is 35.5. The number of hydrogen-bond donors (Lipinski definition) is 1. The van der Waals surface area contributed by atoms with E-state index in [4.69, 9.17) is 23.2 Å². The van der Waals surface area contributed by atoms with Gasteiger partial charge in [0.05, 0.1) is 10.8 Å². The third-order valence-corrected chi connectivity index (χ3v) is 4.77. The molecule has 4 nitrogen and oxygen atoms in total. The number of rotatable bonds is 4. The maximum absolute atomic E-state index is 11.9. The Kier molecular flexibility index (Phi) is 5.99. The molecule has 1 aromatic carbocycles. The monoisotopic (exact) mass is 333 g/mol. The first kappa shape index (κ1) is 15.9. The van der Waals surface area contributed by atoms with Crippen molar-refractivity contribution in [3.63, 3.8) is 0 Å². The highest BCUT2D eigenvalue weighted by Crippen LogP contribution is 2.29. The van der Waals surface area contributed by atoms with Crippen LogP contribution in [0.25, 0.3) is 0 Å². The third-order valence-electron chi connectivity index (χ3n) is 3.04. The topological polar surface area (TPSA) is 35.6 Å². The zero-order chi connectivity index (χ0) is 14.5. The zero-order valence-electron chi connectivity index (χ0n) is 11.2. The number of nitrogens with one attached hydrogen (secondary N) is 1. The van der Waals surface area contributed by atoms with Gasteiger partial charge in [-0.3, -0.25) is 10.2 Å². The molecular formula is C13H17Cl2N3OS. The number of likely N-dealkylation sites (N-methyl/N-ethyl adjacent to an activating group) is 1. The van der Waals surface area contributed by atoms with Crippen molar-refractivity contribution < 1.29 is 4.79 Å². The second-order valence-electron chi connectivity index (χ2n) is 4.69. The molecule has 7 heteroatoms. The Hall–Kier alpha value is -0.460. The minimum atomic E-state index is -0.0180. The van der Waals surface area contributed by atoms with Crippen LogP contribution in [-0.4, -0.2) is 54.8 Å². The molecule has 0 atom stereocenters. The van der Waals surface area contributed by atoms with Crippen LogP contribution < -0.4 is 5.43 Å². The molecule has 1 fully saturated rings. The number of hydrazine groups is 1. The van der Waals surface area contributed by atoms with Gasteiger partial charge < -0.3 is 4.90 Å². The van der Waals surface area contributed by atoms with E-state index in [1.165, 1.54) is 11.8 Å². The Bertz CT molecular complexity index is 479. The summed E-state index contributed by atoms with van der Waals surface area (Å²) in [4.78, 5) is 15.0. The SMILES string of the molecule is CN1CCN(NC(=O)CSc2cc(Cl)ccc2Cl)CC1. The molecule has 1 heterocycles. The van der Waals surface area contributed by atoms with E-state index < -0.39 is 0 Å². The molecule has 2 rings (SSSR count). The summed E-state index contributed by atoms with van der Waals surface area (Å²) in [6.45, 7) is 3.64. The summed E-state index contributed by atoms with van der Waals surface area (Å²) in [6, 6.07) is 5.25. The maximum Gasteiger partial charge on any atom is 0.244 e. The van der Waals surface area contributed by atoms with E-state index in [1.807, 2.05) is 5.01 Å². The van der Waals surface area contributed by atoms with Gasteiger partial charge in [-0.2, -0.15) is 0 Å². The van der Waals surface area contributed by atoms with Crippen molar-refractivity contribution in [3.8, 4) is 0 Å². The Balaban J connectivity index is 1.79. The molecule has 1 amide bonds. The van der Waals surface area contributed by atoms with E-state index in [-0.39, 0.29) is 5.91 Å². The van der Waals surface area contributed by atoms with Crippen molar-refractivity contribution in [3.05, 3.63) is 28.2 Å². The van der Waals surface area contributed by atoms with Crippen LogP contribution >= 0.6 is 35.0 Å². The Labute approximate surface area is 133 Å². The Morgan fingerprint density at radius 3 is 2.70 bits per heavy atom. The third kappa shape index (κ3) is 4.82. The molecule has 1 saturated heterocycles. The van der Waals surface area contributed by atoms with Crippen molar-refractivity contribution in [1.29, 1.82) is 0 Å². The number of thioether (sulfide) groups is 1. The summed E-state index contributed by atoms with van der Waals surface area (Å²) in [5, 5.41) is 3.20. The number of nitrogens with zero attached hydrogens (tertiary/aromatic N) is 2. The molecule has 0 aliphatic carbocycles. The van der Waals surface area contributed by atoms with Gasteiger partial charge in [0.1, 0.15) is 0 Å². The summed E-state index contributed by atoms with van der Waals surface area (Å²) < 4.78 is 0. The van der Waals surface area contributed by atoms with Crippen LogP contribution in [0.15, 0.2) is 23.1 Å². The van der Waals surface area contributed by atoms with Gasteiger partial charge >= 0.3 is 0 Å². The lowest BCUT2D eigenvalue weighted by Gasteiger charge is -2.32. The van der Waals surface area contributed by atoms with Crippen LogP contribution in [0.2, 0.25) is 10.0 Å². The molecule has 20 heavy (non-hydrogen) atoms. The van der Waals surface area contributed by atoms with Gasteiger partial charge in [-0.1, -0.05) is 23.2 Å². The van der Waals surface area contributed by atoms with Crippen LogP contribution in [-0.2, 0) is 4.79 Å². The lowest BCUT2D eigenvalue weighted by molar-refractivity contribution is -0.124. The van der Waals surface area contributed by atoms with E-state index in [1.54, 1.807) is 18.2 Å². The first-order valence-electron chi connectivity index (χ1n) is 6.35. The molecule has 0 aromatic heterocycles. The minimum absolute atomic E-state index is 0.0180. The number of piperazine rings is 1. The number of carbonyl (C=O) groups excluding carboxylic acids is 1. The van der Waals surface area contributed by atoms with Crippen LogP contribution in [0.3, 0.4) is 0 Å². The maximum atomic E-state index is 11.9. The zero-order valence-corrected chi connectivity index (χ0v) is 13.6. The molecule has 0 unspecified atom stereocenters. The predicted molar refractivity (Wildman–Crippen MR) is 84.4 cm³/mol. The van der Waals surface area contributed by atoms with Crippen molar-refractivity contribution in [2.75, 3.05) is 39.0 Å². The number of halogens is 2. The van der Waals surface area contributed by atoms with E-state index in [9.17, 15) is 4.79 Å². The second kappa shape index (κ2) is 7.52. The van der Waals surface area contributed by atoms with Gasteiger partial charge in [0.2, 0.25) is 5.91 Å². The van der Waals surface area contributed by atoms with Gasteiger partial charge in [0.25, 0.3) is 0 Å². The number of hydrogen-bond acceptors (Lipinski definition) is 4. The van der Waals surface area contributed by atoms with Crippen LogP contribution in [0.4, 0.5) is 0 Å². The summed E-state index contributed by atoms with van der Waals surface area (Å²) in [5.74, 6) is 0.308. The highest BCUT2D eigenvalue weighted by molar-refractivity contribution is 8.00. The number of carbonyl (C=O) groups is 1. The fourth-order valence-electron chi connectivity index (χ4n) is 1.86. The van der Waals surface area contributed by atoms with Gasteiger partial charge in [0, 0.05) is 36.1 Å². The van der Waals surface area contributed by atoms with Crippen molar-refractivity contribution in [2.45, 2.75) is 4.90 Å². The molecule has 0 bridgehead atoms. The Morgan fingerprint density at radius 1 is 1.30 bits per heavy atom. The number of amides is 1. The van der Waals surface area contributed by atoms with E-state index in [0.717, 1.165) is 31.1 Å². The first-order valence-corrected chi connectivity index (χ1v) is 8.09. The minimum Gasteiger partial charge on any atom is -0.304 e. The van der Waals surface area contributed by atoms with Gasteiger partial charge in [0.15, 0.2) is 0 Å². The first-order chi connectivity index (χ1) is 9.54. The highest BCUT2D eigenvalue weighted by Gasteiger charge is 2.16. The molecule has 1 aromatic rings. The summed E-state index contributed by atoms with van der Waals surface area (Å²) in [6.07, 6.45) is 0. The van der Waals surface area contributed by atoms with Crippen molar-refractivity contribution in [1.82, 2.24) is 15.3 Å². The number of benzene rings is 1. The van der Waals surface area contributed by atoms with Gasteiger partial charge in [-0.05, 0) is 25.2 Å². The summed E-state index contributed by atoms with van der Waals surface area (Å²) in [7, 11) is 2.08. The average Bonchev–Trinajstić information content (AvgIpc) is 2.42. The predicted octanol–water partition coefficient (Wildman–Crippen LogP) is 2.36. The normalized spacial score (nSPS) is 17.1. The van der Waals surface area contributed by atoms with Crippen LogP contribution in [0.5, 0.6) is 0 Å². The fourth-order valence-corrected chi connectivity index (χ4v) is 3.14. The second-order valence-corrected chi connectivity index (χ2v) is 6.55. The molecule has 0 saturated carbocycles. The van der Waals surface area contributed by atoms with Gasteiger partial charge in [-0.25, -0.2) is 5.01 Å². The largest absolute Gasteiger partial charge is 0.304 e. The fraction of sp³-hybridized carbons (Fsp3) is 0.462. The van der Waals surface area contributed by atoms with Gasteiger partial charge in [-0.15, -0.1) is 11.8 Å². The summed E-state index contributed by atoms with van der Waals surface area (Å²) in [5.41, 5.74) is 2.91.